The molecule has 0 fully saturated rings. The third kappa shape index (κ3) is 4.43. The fraction of sp³-hybridized carbons (Fsp3) is 0. The molecule has 0 aliphatic carbocycles. The number of benzene rings is 6. The van der Waals surface area contributed by atoms with Crippen molar-refractivity contribution in [2.45, 2.75) is 0 Å². The molecule has 0 atom stereocenters. The Morgan fingerprint density at radius 1 is 0.385 bits per heavy atom. The Balaban J connectivity index is 1.29. The van der Waals surface area contributed by atoms with E-state index in [0.29, 0.717) is 11.6 Å². The molecule has 7 aromatic rings. The van der Waals surface area contributed by atoms with Crippen LogP contribution >= 0.6 is 11.6 Å². The van der Waals surface area contributed by atoms with Gasteiger partial charge in [0.05, 0.1) is 0 Å². The summed E-state index contributed by atoms with van der Waals surface area (Å²) >= 11 is 6.44. The van der Waals surface area contributed by atoms with E-state index < -0.39 is 0 Å². The Morgan fingerprint density at radius 3 is 1.85 bits per heavy atom. The van der Waals surface area contributed by atoms with Crippen LogP contribution in [0.4, 0.5) is 0 Å². The van der Waals surface area contributed by atoms with Crippen molar-refractivity contribution in [3.63, 3.8) is 0 Å². The molecule has 0 amide bonds. The van der Waals surface area contributed by atoms with Crippen molar-refractivity contribution in [2.24, 2.45) is 0 Å². The van der Waals surface area contributed by atoms with Crippen molar-refractivity contribution in [1.82, 2.24) is 15.0 Å². The molecule has 184 valence electrons. The zero-order valence-corrected chi connectivity index (χ0v) is 21.7. The van der Waals surface area contributed by atoms with Crippen molar-refractivity contribution in [3.8, 4) is 45.0 Å². The lowest BCUT2D eigenvalue weighted by Crippen LogP contribution is -1.98. The minimum atomic E-state index is 0.171. The molecule has 0 aliphatic heterocycles. The molecule has 1 heterocycles. The number of hydrogen-bond acceptors (Lipinski definition) is 3. The molecule has 0 aliphatic rings. The first-order valence-electron chi connectivity index (χ1n) is 12.8. The highest BCUT2D eigenvalue weighted by molar-refractivity contribution is 6.28. The Labute approximate surface area is 231 Å². The molecule has 0 saturated heterocycles. The average Bonchev–Trinajstić information content (AvgIpc) is 3.00. The summed E-state index contributed by atoms with van der Waals surface area (Å²) in [4.78, 5) is 13.8. The topological polar surface area (TPSA) is 38.7 Å². The van der Waals surface area contributed by atoms with Crippen molar-refractivity contribution in [2.75, 3.05) is 0 Å². The SMILES string of the molecule is Clc1nc(-c2ccc3cc(-c4cccc5ccccc45)ccc3c2)nc(-c2ccccc2-c2ccccc2)n1. The molecule has 7 rings (SSSR count). The lowest BCUT2D eigenvalue weighted by molar-refractivity contribution is 1.07. The lowest BCUT2D eigenvalue weighted by Gasteiger charge is -2.11. The highest BCUT2D eigenvalue weighted by Crippen LogP contribution is 2.34. The molecule has 0 N–H and O–H groups in total. The fourth-order valence-corrected chi connectivity index (χ4v) is 5.34. The second kappa shape index (κ2) is 9.79. The van der Waals surface area contributed by atoms with Gasteiger partial charge in [0.1, 0.15) is 0 Å². The van der Waals surface area contributed by atoms with E-state index in [4.69, 9.17) is 16.6 Å². The number of halogens is 1. The molecule has 6 aromatic carbocycles. The van der Waals surface area contributed by atoms with E-state index in [1.165, 1.54) is 21.9 Å². The smallest absolute Gasteiger partial charge is 0.208 e. The largest absolute Gasteiger partial charge is 0.226 e. The number of nitrogens with zero attached hydrogens (tertiary/aromatic N) is 3. The molecule has 39 heavy (non-hydrogen) atoms. The predicted molar refractivity (Wildman–Crippen MR) is 162 cm³/mol. The van der Waals surface area contributed by atoms with Crippen LogP contribution in [0.2, 0.25) is 5.28 Å². The summed E-state index contributed by atoms with van der Waals surface area (Å²) in [5.41, 5.74) is 6.36. The van der Waals surface area contributed by atoms with Crippen LogP contribution in [0.3, 0.4) is 0 Å². The van der Waals surface area contributed by atoms with Crippen LogP contribution in [-0.4, -0.2) is 15.0 Å². The zero-order chi connectivity index (χ0) is 26.2. The first-order chi connectivity index (χ1) is 19.2. The van der Waals surface area contributed by atoms with Crippen LogP contribution in [0.5, 0.6) is 0 Å². The second-order valence-corrected chi connectivity index (χ2v) is 9.80. The van der Waals surface area contributed by atoms with Crippen LogP contribution in [0.1, 0.15) is 0 Å². The number of rotatable bonds is 4. The van der Waals surface area contributed by atoms with Gasteiger partial charge in [-0.15, -0.1) is 0 Å². The predicted octanol–water partition coefficient (Wildman–Crippen LogP) is 9.50. The Kier molecular flexibility index (Phi) is 5.84. The van der Waals surface area contributed by atoms with Crippen LogP contribution in [0.15, 0.2) is 133 Å². The van der Waals surface area contributed by atoms with Crippen molar-refractivity contribution < 1.29 is 0 Å². The first-order valence-corrected chi connectivity index (χ1v) is 13.2. The van der Waals surface area contributed by atoms with E-state index in [9.17, 15) is 0 Å². The maximum absolute atomic E-state index is 6.44. The molecule has 0 unspecified atom stereocenters. The highest BCUT2D eigenvalue weighted by atomic mass is 35.5. The normalized spacial score (nSPS) is 11.2. The molecule has 0 bridgehead atoms. The van der Waals surface area contributed by atoms with Crippen molar-refractivity contribution in [3.05, 3.63) is 139 Å². The Bertz CT molecular complexity index is 1980. The van der Waals surface area contributed by atoms with E-state index in [0.717, 1.165) is 33.0 Å². The van der Waals surface area contributed by atoms with Gasteiger partial charge in [-0.1, -0.05) is 121 Å². The Hall–Kier alpha value is -4.86. The summed E-state index contributed by atoms with van der Waals surface area (Å²) in [5.74, 6) is 1.10. The lowest BCUT2D eigenvalue weighted by atomic mass is 9.96. The summed E-state index contributed by atoms with van der Waals surface area (Å²) in [6, 6.07) is 46.1. The molecular weight excluding hydrogens is 498 g/mol. The van der Waals surface area contributed by atoms with Crippen molar-refractivity contribution in [1.29, 1.82) is 0 Å². The van der Waals surface area contributed by atoms with Gasteiger partial charge in [0, 0.05) is 11.1 Å². The number of aromatic nitrogens is 3. The highest BCUT2D eigenvalue weighted by Gasteiger charge is 2.14. The molecule has 1 aromatic heterocycles. The molecule has 0 spiro atoms. The van der Waals surface area contributed by atoms with E-state index in [1.807, 2.05) is 42.5 Å². The van der Waals surface area contributed by atoms with E-state index in [-0.39, 0.29) is 5.28 Å². The van der Waals surface area contributed by atoms with Crippen LogP contribution < -0.4 is 0 Å². The number of fused-ring (bicyclic) bond motifs is 2. The van der Waals surface area contributed by atoms with Gasteiger partial charge >= 0.3 is 0 Å². The van der Waals surface area contributed by atoms with E-state index in [2.05, 4.69) is 101 Å². The van der Waals surface area contributed by atoms with Gasteiger partial charge < -0.3 is 0 Å². The summed E-state index contributed by atoms with van der Waals surface area (Å²) in [5, 5.41) is 4.92. The van der Waals surface area contributed by atoms with Gasteiger partial charge in [-0.3, -0.25) is 0 Å². The summed E-state index contributed by atoms with van der Waals surface area (Å²) in [7, 11) is 0. The maximum Gasteiger partial charge on any atom is 0.226 e. The van der Waals surface area contributed by atoms with Crippen molar-refractivity contribution >= 4 is 33.1 Å². The fourth-order valence-electron chi connectivity index (χ4n) is 5.18. The standard InChI is InChI=1S/C35H22ClN3/c36-35-38-33(37-34(39-35)32-15-7-6-14-30(32)23-9-2-1-3-10-23)28-20-18-25-21-27(19-17-26(25)22-28)31-16-8-12-24-11-4-5-13-29(24)31/h1-22H. The first kappa shape index (κ1) is 23.3. The third-order valence-corrected chi connectivity index (χ3v) is 7.23. The summed E-state index contributed by atoms with van der Waals surface area (Å²) < 4.78 is 0. The van der Waals surface area contributed by atoms with Gasteiger partial charge in [0.15, 0.2) is 11.6 Å². The quantitative estimate of drug-likeness (QED) is 0.232. The second-order valence-electron chi connectivity index (χ2n) is 9.47. The zero-order valence-electron chi connectivity index (χ0n) is 20.9. The summed E-state index contributed by atoms with van der Waals surface area (Å²) in [6.45, 7) is 0. The van der Waals surface area contributed by atoms with E-state index in [1.54, 1.807) is 0 Å². The van der Waals surface area contributed by atoms with E-state index >= 15 is 0 Å². The molecule has 0 radical (unpaired) electrons. The molecule has 3 nitrogen and oxygen atoms in total. The summed E-state index contributed by atoms with van der Waals surface area (Å²) in [6.07, 6.45) is 0. The monoisotopic (exact) mass is 519 g/mol. The van der Waals surface area contributed by atoms with Gasteiger partial charge in [0.2, 0.25) is 5.28 Å². The average molecular weight is 520 g/mol. The van der Waals surface area contributed by atoms with Gasteiger partial charge in [-0.25, -0.2) is 4.98 Å². The Morgan fingerprint density at radius 2 is 1.00 bits per heavy atom. The van der Waals surface area contributed by atoms with Crippen LogP contribution in [-0.2, 0) is 0 Å². The molecule has 4 heteroatoms. The van der Waals surface area contributed by atoms with Gasteiger partial charge in [0.25, 0.3) is 0 Å². The van der Waals surface area contributed by atoms with Crippen LogP contribution in [0.25, 0.3) is 66.6 Å². The maximum atomic E-state index is 6.44. The minimum Gasteiger partial charge on any atom is -0.208 e. The van der Waals surface area contributed by atoms with Gasteiger partial charge in [-0.05, 0) is 67.5 Å². The van der Waals surface area contributed by atoms with Gasteiger partial charge in [-0.2, -0.15) is 9.97 Å². The third-order valence-electron chi connectivity index (χ3n) is 7.06. The molecule has 0 saturated carbocycles. The van der Waals surface area contributed by atoms with Crippen LogP contribution in [0, 0.1) is 0 Å². The number of hydrogen-bond donors (Lipinski definition) is 0. The molecular formula is C35H22ClN3. The minimum absolute atomic E-state index is 0.171.